The molecule has 0 aliphatic carbocycles. The van der Waals surface area contributed by atoms with Crippen molar-refractivity contribution in [2.75, 3.05) is 0 Å². The summed E-state index contributed by atoms with van der Waals surface area (Å²) in [7, 11) is 0. The Labute approximate surface area is 124 Å². The van der Waals surface area contributed by atoms with Crippen molar-refractivity contribution in [2.45, 2.75) is 72.8 Å². The lowest BCUT2D eigenvalue weighted by Crippen LogP contribution is -2.35. The topological polar surface area (TPSA) is 34.1 Å². The highest BCUT2D eigenvalue weighted by Gasteiger charge is 2.10. The van der Waals surface area contributed by atoms with E-state index >= 15 is 0 Å². The Kier molecular flexibility index (Phi) is 6.63. The van der Waals surface area contributed by atoms with Crippen molar-refractivity contribution in [3.05, 3.63) is 29.6 Å². The third-order valence-corrected chi connectivity index (χ3v) is 2.98. The molecule has 1 unspecified atom stereocenters. The average Bonchev–Trinajstić information content (AvgIpc) is 2.33. The second-order valence-corrected chi connectivity index (χ2v) is 6.97. The van der Waals surface area contributed by atoms with Crippen LogP contribution in [0.25, 0.3) is 0 Å². The second-order valence-electron chi connectivity index (χ2n) is 6.97. The highest BCUT2D eigenvalue weighted by Crippen LogP contribution is 2.10. The third-order valence-electron chi connectivity index (χ3n) is 2.98. The van der Waals surface area contributed by atoms with E-state index in [-0.39, 0.29) is 11.6 Å². The summed E-state index contributed by atoms with van der Waals surface area (Å²) < 4.78 is 5.86. The van der Waals surface area contributed by atoms with Gasteiger partial charge in [0.05, 0.1) is 24.1 Å². The van der Waals surface area contributed by atoms with Crippen molar-refractivity contribution in [1.29, 1.82) is 0 Å². The Balaban J connectivity index is 2.47. The van der Waals surface area contributed by atoms with Gasteiger partial charge in [-0.1, -0.05) is 19.9 Å². The van der Waals surface area contributed by atoms with Gasteiger partial charge >= 0.3 is 0 Å². The van der Waals surface area contributed by atoms with Crippen molar-refractivity contribution in [2.24, 2.45) is 5.92 Å². The van der Waals surface area contributed by atoms with Gasteiger partial charge in [0.25, 0.3) is 0 Å². The number of nitrogens with one attached hydrogen (secondary N) is 1. The molecule has 1 atom stereocenters. The maximum atomic E-state index is 5.86. The Morgan fingerprint density at radius 1 is 1.15 bits per heavy atom. The van der Waals surface area contributed by atoms with Crippen LogP contribution in [0.5, 0.6) is 0 Å². The van der Waals surface area contributed by atoms with Gasteiger partial charge in [-0.2, -0.15) is 0 Å². The summed E-state index contributed by atoms with van der Waals surface area (Å²) in [4.78, 5) is 4.64. The van der Waals surface area contributed by atoms with E-state index in [4.69, 9.17) is 4.74 Å². The van der Waals surface area contributed by atoms with E-state index in [0.717, 1.165) is 24.4 Å². The Morgan fingerprint density at radius 3 is 2.40 bits per heavy atom. The van der Waals surface area contributed by atoms with Crippen molar-refractivity contribution in [3.8, 4) is 0 Å². The number of aromatic nitrogens is 1. The average molecular weight is 278 g/mol. The second kappa shape index (κ2) is 7.75. The monoisotopic (exact) mass is 278 g/mol. The molecule has 0 bridgehead atoms. The van der Waals surface area contributed by atoms with E-state index in [1.807, 2.05) is 6.07 Å². The first-order chi connectivity index (χ1) is 9.26. The minimum Gasteiger partial charge on any atom is -0.372 e. The third kappa shape index (κ3) is 7.61. The van der Waals surface area contributed by atoms with E-state index in [9.17, 15) is 0 Å². The summed E-state index contributed by atoms with van der Waals surface area (Å²) in [6.07, 6.45) is 1.37. The fraction of sp³-hybridized carbons (Fsp3) is 0.706. The largest absolute Gasteiger partial charge is 0.372 e. The van der Waals surface area contributed by atoms with Crippen LogP contribution in [0.15, 0.2) is 18.2 Å². The minimum atomic E-state index is 0.111. The highest BCUT2D eigenvalue weighted by molar-refractivity contribution is 5.10. The molecule has 0 saturated carbocycles. The number of hydrogen-bond acceptors (Lipinski definition) is 3. The van der Waals surface area contributed by atoms with Crippen LogP contribution in [0.2, 0.25) is 0 Å². The van der Waals surface area contributed by atoms with Gasteiger partial charge in [0.15, 0.2) is 0 Å². The summed E-state index contributed by atoms with van der Waals surface area (Å²) in [5.74, 6) is 0.667. The summed E-state index contributed by atoms with van der Waals surface area (Å²) in [6.45, 7) is 14.4. The first-order valence-electron chi connectivity index (χ1n) is 7.57. The van der Waals surface area contributed by atoms with Gasteiger partial charge in [-0.25, -0.2) is 0 Å². The molecule has 1 rings (SSSR count). The first kappa shape index (κ1) is 17.1. The highest BCUT2D eigenvalue weighted by atomic mass is 16.5. The molecular formula is C17H30N2O. The Morgan fingerprint density at radius 2 is 1.80 bits per heavy atom. The lowest BCUT2D eigenvalue weighted by atomic mass is 10.1. The lowest BCUT2D eigenvalue weighted by molar-refractivity contribution is 0.0378. The number of hydrogen-bond donors (Lipinski definition) is 1. The van der Waals surface area contributed by atoms with Crippen LogP contribution >= 0.6 is 0 Å². The van der Waals surface area contributed by atoms with Gasteiger partial charge in [0.2, 0.25) is 0 Å². The fourth-order valence-electron chi connectivity index (χ4n) is 2.02. The molecule has 114 valence electrons. The van der Waals surface area contributed by atoms with E-state index in [2.05, 4.69) is 64.0 Å². The maximum absolute atomic E-state index is 5.86. The van der Waals surface area contributed by atoms with Crippen molar-refractivity contribution in [3.63, 3.8) is 0 Å². The van der Waals surface area contributed by atoms with Crippen LogP contribution in [-0.2, 0) is 17.9 Å². The van der Waals surface area contributed by atoms with Crippen molar-refractivity contribution in [1.82, 2.24) is 10.3 Å². The molecule has 20 heavy (non-hydrogen) atoms. The molecule has 0 amide bonds. The predicted octanol–water partition coefficient (Wildman–Crippen LogP) is 3.92. The van der Waals surface area contributed by atoms with Gasteiger partial charge in [0.1, 0.15) is 0 Å². The smallest absolute Gasteiger partial charge is 0.0891 e. The maximum Gasteiger partial charge on any atom is 0.0891 e. The molecule has 0 aliphatic rings. The quantitative estimate of drug-likeness (QED) is 0.821. The van der Waals surface area contributed by atoms with E-state index in [1.165, 1.54) is 0 Å². The van der Waals surface area contributed by atoms with Crippen LogP contribution in [0.3, 0.4) is 0 Å². The predicted molar refractivity (Wildman–Crippen MR) is 84.5 cm³/mol. The molecule has 0 spiro atoms. The number of pyridine rings is 1. The zero-order valence-electron chi connectivity index (χ0n) is 13.9. The van der Waals surface area contributed by atoms with Crippen LogP contribution in [0.1, 0.15) is 59.4 Å². The summed E-state index contributed by atoms with van der Waals surface area (Å²) in [5.41, 5.74) is 2.19. The fourth-order valence-corrected chi connectivity index (χ4v) is 2.02. The van der Waals surface area contributed by atoms with Crippen LogP contribution in [0.4, 0.5) is 0 Å². The zero-order chi connectivity index (χ0) is 15.2. The van der Waals surface area contributed by atoms with Crippen LogP contribution < -0.4 is 5.32 Å². The standard InChI is InChI=1S/C17H30N2O/c1-13(2)10-14(3)20-12-16-9-7-8-15(19-16)11-18-17(4,5)6/h7-9,13-14,18H,10-12H2,1-6H3. The normalized spacial score (nSPS) is 13.8. The van der Waals surface area contributed by atoms with E-state index < -0.39 is 0 Å². The van der Waals surface area contributed by atoms with Gasteiger partial charge in [-0.15, -0.1) is 0 Å². The number of ether oxygens (including phenoxy) is 1. The summed E-state index contributed by atoms with van der Waals surface area (Å²) >= 11 is 0. The SMILES string of the molecule is CC(C)CC(C)OCc1cccc(CNC(C)(C)C)n1. The van der Waals surface area contributed by atoms with Gasteiger partial charge in [-0.3, -0.25) is 4.98 Å². The molecule has 1 heterocycles. The molecule has 0 aromatic carbocycles. The lowest BCUT2D eigenvalue weighted by Gasteiger charge is -2.20. The first-order valence-corrected chi connectivity index (χ1v) is 7.57. The molecule has 0 saturated heterocycles. The molecule has 3 nitrogen and oxygen atoms in total. The molecule has 3 heteroatoms. The van der Waals surface area contributed by atoms with Crippen LogP contribution in [0, 0.1) is 5.92 Å². The molecule has 0 radical (unpaired) electrons. The number of nitrogens with zero attached hydrogens (tertiary/aromatic N) is 1. The minimum absolute atomic E-state index is 0.111. The molecule has 0 aliphatic heterocycles. The molecular weight excluding hydrogens is 248 g/mol. The zero-order valence-corrected chi connectivity index (χ0v) is 13.9. The van der Waals surface area contributed by atoms with Crippen LogP contribution in [-0.4, -0.2) is 16.6 Å². The van der Waals surface area contributed by atoms with Crippen molar-refractivity contribution >= 4 is 0 Å². The van der Waals surface area contributed by atoms with Gasteiger partial charge < -0.3 is 10.1 Å². The van der Waals surface area contributed by atoms with E-state index in [0.29, 0.717) is 12.5 Å². The van der Waals surface area contributed by atoms with Gasteiger partial charge in [-0.05, 0) is 52.2 Å². The summed E-state index contributed by atoms with van der Waals surface area (Å²) in [5, 5.41) is 3.45. The number of rotatable bonds is 7. The van der Waals surface area contributed by atoms with Gasteiger partial charge in [0, 0.05) is 12.1 Å². The summed E-state index contributed by atoms with van der Waals surface area (Å²) in [6, 6.07) is 6.14. The molecule has 1 N–H and O–H groups in total. The molecule has 1 aromatic rings. The molecule has 1 aromatic heterocycles. The Bertz CT molecular complexity index is 396. The Hall–Kier alpha value is -0.930. The van der Waals surface area contributed by atoms with Crippen molar-refractivity contribution < 1.29 is 4.74 Å². The molecule has 0 fully saturated rings. The van der Waals surface area contributed by atoms with E-state index in [1.54, 1.807) is 0 Å².